The molecule has 2 aromatic heterocycles. The Hall–Kier alpha value is -5.01. The topological polar surface area (TPSA) is 125 Å². The molecule has 1 fully saturated rings. The summed E-state index contributed by atoms with van der Waals surface area (Å²) in [5.41, 5.74) is 11.2. The lowest BCUT2D eigenvalue weighted by Gasteiger charge is -2.36. The molecule has 268 valence electrons. The van der Waals surface area contributed by atoms with Gasteiger partial charge in [0, 0.05) is 7.11 Å². The predicted octanol–water partition coefficient (Wildman–Crippen LogP) is 6.29. The van der Waals surface area contributed by atoms with Gasteiger partial charge in [-0.05, 0) is 22.3 Å². The van der Waals surface area contributed by atoms with E-state index in [1.807, 2.05) is 126 Å². The summed E-state index contributed by atoms with van der Waals surface area (Å²) in [5, 5.41) is 0. The SMILES string of the molecule is CO[C@@H]1[C@H](OCc2ccccc2)[C@@H](OCc2ccccc2)[C@@H](OCc2ccccc2)[C@@H](COCc2ccccc2)O[C@H]1n1cnc2c(N)ncnc21. The third kappa shape index (κ3) is 8.54. The van der Waals surface area contributed by atoms with Crippen molar-refractivity contribution >= 4 is 17.0 Å². The van der Waals surface area contributed by atoms with Crippen LogP contribution in [0.15, 0.2) is 134 Å². The number of nitrogens with two attached hydrogens (primary N) is 1. The molecule has 3 heterocycles. The van der Waals surface area contributed by atoms with E-state index in [2.05, 4.69) is 15.0 Å². The van der Waals surface area contributed by atoms with Crippen LogP contribution in [-0.4, -0.2) is 63.8 Å². The van der Waals surface area contributed by atoms with Gasteiger partial charge in [-0.3, -0.25) is 4.57 Å². The minimum atomic E-state index is -0.802. The molecule has 6 atom stereocenters. The summed E-state index contributed by atoms with van der Waals surface area (Å²) in [6, 6.07) is 40.1. The van der Waals surface area contributed by atoms with Gasteiger partial charge in [0.05, 0.1) is 39.4 Å². The highest BCUT2D eigenvalue weighted by Gasteiger charge is 2.50. The number of methoxy groups -OCH3 is 1. The Bertz CT molecular complexity index is 1950. The molecule has 52 heavy (non-hydrogen) atoms. The van der Waals surface area contributed by atoms with Crippen molar-refractivity contribution in [3.63, 3.8) is 0 Å². The van der Waals surface area contributed by atoms with Crippen LogP contribution < -0.4 is 5.73 Å². The Morgan fingerprint density at radius 2 is 1.08 bits per heavy atom. The number of imidazole rings is 1. The van der Waals surface area contributed by atoms with Crippen molar-refractivity contribution in [2.75, 3.05) is 19.5 Å². The average Bonchev–Trinajstić information content (AvgIpc) is 3.59. The van der Waals surface area contributed by atoms with Gasteiger partial charge < -0.3 is 34.2 Å². The number of hydrogen-bond acceptors (Lipinski definition) is 10. The largest absolute Gasteiger partial charge is 0.382 e. The first kappa shape index (κ1) is 35.4. The van der Waals surface area contributed by atoms with Gasteiger partial charge in [0.1, 0.15) is 42.4 Å². The second-order valence-corrected chi connectivity index (χ2v) is 12.6. The average molecular weight is 702 g/mol. The number of nitrogens with zero attached hydrogens (tertiary/aromatic N) is 4. The molecule has 0 amide bonds. The van der Waals surface area contributed by atoms with Crippen LogP contribution >= 0.6 is 0 Å². The number of fused-ring (bicyclic) bond motifs is 1. The van der Waals surface area contributed by atoms with Crippen molar-refractivity contribution in [1.82, 2.24) is 19.5 Å². The molecule has 0 unspecified atom stereocenters. The van der Waals surface area contributed by atoms with Crippen molar-refractivity contribution in [3.8, 4) is 0 Å². The molecule has 0 aliphatic carbocycles. The summed E-state index contributed by atoms with van der Waals surface area (Å²) in [4.78, 5) is 13.3. The molecule has 11 nitrogen and oxygen atoms in total. The summed E-state index contributed by atoms with van der Waals surface area (Å²) < 4.78 is 42.3. The molecule has 4 aromatic carbocycles. The lowest BCUT2D eigenvalue weighted by Crippen LogP contribution is -2.51. The Morgan fingerprint density at radius 1 is 0.596 bits per heavy atom. The highest BCUT2D eigenvalue weighted by atomic mass is 16.6. The van der Waals surface area contributed by atoms with Crippen LogP contribution in [0.25, 0.3) is 11.2 Å². The number of rotatable bonds is 15. The Balaban J connectivity index is 1.31. The summed E-state index contributed by atoms with van der Waals surface area (Å²) in [7, 11) is 1.64. The minimum Gasteiger partial charge on any atom is -0.382 e. The highest BCUT2D eigenvalue weighted by molar-refractivity contribution is 5.81. The molecule has 7 rings (SSSR count). The zero-order valence-electron chi connectivity index (χ0n) is 29.0. The van der Waals surface area contributed by atoms with Crippen LogP contribution in [0.3, 0.4) is 0 Å². The fourth-order valence-corrected chi connectivity index (χ4v) is 6.50. The first-order valence-corrected chi connectivity index (χ1v) is 17.4. The molecule has 6 aromatic rings. The maximum atomic E-state index is 7.10. The molecule has 0 radical (unpaired) electrons. The lowest BCUT2D eigenvalue weighted by molar-refractivity contribution is -0.186. The minimum absolute atomic E-state index is 0.182. The summed E-state index contributed by atoms with van der Waals surface area (Å²) >= 11 is 0. The Morgan fingerprint density at radius 3 is 1.60 bits per heavy atom. The van der Waals surface area contributed by atoms with Crippen molar-refractivity contribution in [2.24, 2.45) is 0 Å². The fourth-order valence-electron chi connectivity index (χ4n) is 6.50. The van der Waals surface area contributed by atoms with Crippen LogP contribution in [0.1, 0.15) is 28.5 Å². The normalized spacial score (nSPS) is 21.9. The molecule has 1 aliphatic rings. The van der Waals surface area contributed by atoms with E-state index >= 15 is 0 Å². The van der Waals surface area contributed by atoms with Crippen LogP contribution in [0.2, 0.25) is 0 Å². The second-order valence-electron chi connectivity index (χ2n) is 12.6. The molecular weight excluding hydrogens is 658 g/mol. The molecule has 11 heteroatoms. The number of anilines is 1. The summed E-state index contributed by atoms with van der Waals surface area (Å²) in [5.74, 6) is 0.263. The number of aromatic nitrogens is 4. The van der Waals surface area contributed by atoms with Crippen LogP contribution in [0, 0.1) is 0 Å². The maximum absolute atomic E-state index is 7.10. The lowest BCUT2D eigenvalue weighted by atomic mass is 9.99. The van der Waals surface area contributed by atoms with E-state index in [4.69, 9.17) is 34.2 Å². The smallest absolute Gasteiger partial charge is 0.167 e. The second kappa shape index (κ2) is 17.5. The van der Waals surface area contributed by atoms with Gasteiger partial charge in [-0.15, -0.1) is 0 Å². The predicted molar refractivity (Wildman–Crippen MR) is 196 cm³/mol. The van der Waals surface area contributed by atoms with Crippen molar-refractivity contribution in [1.29, 1.82) is 0 Å². The number of nitrogen functional groups attached to an aromatic ring is 1. The Kier molecular flexibility index (Phi) is 11.9. The van der Waals surface area contributed by atoms with Crippen LogP contribution in [0.4, 0.5) is 5.82 Å². The maximum Gasteiger partial charge on any atom is 0.167 e. The summed E-state index contributed by atoms with van der Waals surface area (Å²) in [6.45, 7) is 1.47. The number of hydrogen-bond donors (Lipinski definition) is 1. The van der Waals surface area contributed by atoms with Gasteiger partial charge in [-0.25, -0.2) is 15.0 Å². The first-order valence-electron chi connectivity index (χ1n) is 17.4. The van der Waals surface area contributed by atoms with E-state index in [9.17, 15) is 0 Å². The van der Waals surface area contributed by atoms with Crippen LogP contribution in [0.5, 0.6) is 0 Å². The number of benzene rings is 4. The van der Waals surface area contributed by atoms with E-state index in [1.54, 1.807) is 13.4 Å². The van der Waals surface area contributed by atoms with Gasteiger partial charge >= 0.3 is 0 Å². The Labute approximate surface area is 303 Å². The third-order valence-electron chi connectivity index (χ3n) is 9.12. The van der Waals surface area contributed by atoms with E-state index < -0.39 is 36.7 Å². The fraction of sp³-hybridized carbons (Fsp3) is 0.293. The van der Waals surface area contributed by atoms with Crippen molar-refractivity contribution < 1.29 is 28.4 Å². The zero-order valence-corrected chi connectivity index (χ0v) is 29.0. The zero-order chi connectivity index (χ0) is 35.5. The molecule has 0 saturated carbocycles. The van der Waals surface area contributed by atoms with E-state index in [0.717, 1.165) is 22.3 Å². The molecule has 1 aliphatic heterocycles. The van der Waals surface area contributed by atoms with Gasteiger partial charge in [0.2, 0.25) is 0 Å². The van der Waals surface area contributed by atoms with E-state index in [-0.39, 0.29) is 12.4 Å². The molecule has 0 spiro atoms. The van der Waals surface area contributed by atoms with Crippen molar-refractivity contribution in [3.05, 3.63) is 156 Å². The first-order chi connectivity index (χ1) is 25.7. The standard InChI is InChI=1S/C41H43N5O6/c1-47-38-37(51-25-32-20-12-5-13-21-32)36(50-24-31-18-10-4-11-19-31)35(49-23-30-16-8-3-9-17-30)33(26-48-22-29-14-6-2-7-15-29)52-41(38)46-28-45-34-39(42)43-27-44-40(34)46/h2-21,27-28,33,35-38,41H,22-26H2,1H3,(H2,42,43,44)/t33-,35+,36+,37-,38-,41-/m1/s1. The molecule has 2 N–H and O–H groups in total. The van der Waals surface area contributed by atoms with Crippen LogP contribution in [-0.2, 0) is 54.8 Å². The quantitative estimate of drug-likeness (QED) is 0.131. The number of ether oxygens (including phenoxy) is 6. The van der Waals surface area contributed by atoms with Crippen molar-refractivity contribution in [2.45, 2.75) is 63.2 Å². The summed E-state index contributed by atoms with van der Waals surface area (Å²) in [6.07, 6.45) is -1.17. The van der Waals surface area contributed by atoms with Gasteiger partial charge in [0.25, 0.3) is 0 Å². The van der Waals surface area contributed by atoms with Gasteiger partial charge in [0.15, 0.2) is 17.7 Å². The van der Waals surface area contributed by atoms with E-state index in [1.165, 1.54) is 6.33 Å². The van der Waals surface area contributed by atoms with Gasteiger partial charge in [-0.1, -0.05) is 121 Å². The van der Waals surface area contributed by atoms with Gasteiger partial charge in [-0.2, -0.15) is 0 Å². The monoisotopic (exact) mass is 701 g/mol. The molecule has 1 saturated heterocycles. The molecule has 0 bridgehead atoms. The molecular formula is C41H43N5O6. The third-order valence-corrected chi connectivity index (χ3v) is 9.12. The van der Waals surface area contributed by atoms with E-state index in [0.29, 0.717) is 37.6 Å². The highest BCUT2D eigenvalue weighted by Crippen LogP contribution is 2.37.